The van der Waals surface area contributed by atoms with Crippen molar-refractivity contribution in [3.63, 3.8) is 0 Å². The number of carboxylic acids is 1. The summed E-state index contributed by atoms with van der Waals surface area (Å²) in [6, 6.07) is 7.00. The van der Waals surface area contributed by atoms with Crippen LogP contribution in [-0.2, 0) is 4.79 Å². The van der Waals surface area contributed by atoms with Crippen LogP contribution in [0.3, 0.4) is 0 Å². The highest BCUT2D eigenvalue weighted by Gasteiger charge is 2.29. The van der Waals surface area contributed by atoms with Gasteiger partial charge in [0.05, 0.1) is 5.37 Å². The van der Waals surface area contributed by atoms with Crippen molar-refractivity contribution < 1.29 is 9.90 Å². The van der Waals surface area contributed by atoms with Gasteiger partial charge in [-0.2, -0.15) is 0 Å². The first-order valence-corrected chi connectivity index (χ1v) is 5.95. The van der Waals surface area contributed by atoms with Crippen LogP contribution in [0, 0.1) is 0 Å². The summed E-state index contributed by atoms with van der Waals surface area (Å²) in [5, 5.41) is 12.6. The molecule has 1 aromatic carbocycles. The third-order valence-electron chi connectivity index (χ3n) is 2.25. The highest BCUT2D eigenvalue weighted by Crippen LogP contribution is 2.33. The largest absolute Gasteiger partial charge is 0.480 e. The summed E-state index contributed by atoms with van der Waals surface area (Å²) >= 11 is 7.38. The number of hydrogen-bond acceptors (Lipinski definition) is 3. The maximum absolute atomic E-state index is 10.7. The van der Waals surface area contributed by atoms with Crippen molar-refractivity contribution in [1.29, 1.82) is 0 Å². The SMILES string of the molecule is O=C(O)[C@@H]1CSC(c2ccc(Cl)cc2)N1. The van der Waals surface area contributed by atoms with E-state index in [0.29, 0.717) is 10.8 Å². The average Bonchev–Trinajstić information content (AvgIpc) is 2.68. The molecule has 0 bridgehead atoms. The summed E-state index contributed by atoms with van der Waals surface area (Å²) in [7, 11) is 0. The van der Waals surface area contributed by atoms with Gasteiger partial charge in [0.15, 0.2) is 0 Å². The Morgan fingerprint density at radius 3 is 2.67 bits per heavy atom. The van der Waals surface area contributed by atoms with Crippen LogP contribution in [0.2, 0.25) is 5.02 Å². The van der Waals surface area contributed by atoms with Gasteiger partial charge < -0.3 is 5.11 Å². The molecule has 0 aromatic heterocycles. The molecule has 2 atom stereocenters. The Morgan fingerprint density at radius 2 is 2.13 bits per heavy atom. The van der Waals surface area contributed by atoms with Crippen molar-refractivity contribution in [2.75, 3.05) is 5.75 Å². The van der Waals surface area contributed by atoms with E-state index in [0.717, 1.165) is 5.56 Å². The van der Waals surface area contributed by atoms with Gasteiger partial charge in [0.2, 0.25) is 0 Å². The highest BCUT2D eigenvalue weighted by atomic mass is 35.5. The van der Waals surface area contributed by atoms with E-state index in [1.165, 1.54) is 0 Å². The summed E-state index contributed by atoms with van der Waals surface area (Å²) in [5.41, 5.74) is 1.06. The first kappa shape index (κ1) is 10.8. The minimum Gasteiger partial charge on any atom is -0.480 e. The number of carbonyl (C=O) groups is 1. The number of aliphatic carboxylic acids is 1. The minimum atomic E-state index is -0.793. The highest BCUT2D eigenvalue weighted by molar-refractivity contribution is 7.99. The van der Waals surface area contributed by atoms with Crippen LogP contribution in [0.15, 0.2) is 24.3 Å². The maximum atomic E-state index is 10.7. The van der Waals surface area contributed by atoms with Gasteiger partial charge in [-0.3, -0.25) is 10.1 Å². The number of nitrogens with one attached hydrogen (secondary N) is 1. The van der Waals surface area contributed by atoms with Gasteiger partial charge in [0.25, 0.3) is 0 Å². The lowest BCUT2D eigenvalue weighted by atomic mass is 10.2. The van der Waals surface area contributed by atoms with E-state index in [9.17, 15) is 4.79 Å². The number of carboxylic acid groups (broad SMARTS) is 1. The van der Waals surface area contributed by atoms with Crippen LogP contribution >= 0.6 is 23.4 Å². The van der Waals surface area contributed by atoms with Gasteiger partial charge >= 0.3 is 5.97 Å². The molecule has 0 aliphatic carbocycles. The van der Waals surface area contributed by atoms with Crippen LogP contribution in [0.4, 0.5) is 0 Å². The number of benzene rings is 1. The first-order valence-electron chi connectivity index (χ1n) is 4.53. The Labute approximate surface area is 96.8 Å². The maximum Gasteiger partial charge on any atom is 0.321 e. The Morgan fingerprint density at radius 1 is 1.47 bits per heavy atom. The molecule has 0 saturated carbocycles. The zero-order valence-corrected chi connectivity index (χ0v) is 9.39. The third kappa shape index (κ3) is 2.45. The number of halogens is 1. The summed E-state index contributed by atoms with van der Waals surface area (Å²) in [6.45, 7) is 0. The predicted octanol–water partition coefficient (Wildman–Crippen LogP) is 2.13. The standard InChI is InChI=1S/C10H10ClNO2S/c11-7-3-1-6(2-4-7)9-12-8(5-15-9)10(13)14/h1-4,8-9,12H,5H2,(H,13,14)/t8-,9?/m0/s1. The molecule has 15 heavy (non-hydrogen) atoms. The van der Waals surface area contributed by atoms with E-state index in [-0.39, 0.29) is 5.37 Å². The zero-order chi connectivity index (χ0) is 10.8. The summed E-state index contributed by atoms with van der Waals surface area (Å²) in [5.74, 6) is -0.193. The van der Waals surface area contributed by atoms with Gasteiger partial charge in [0, 0.05) is 10.8 Å². The second kappa shape index (κ2) is 4.43. The Kier molecular flexibility index (Phi) is 3.19. The molecule has 1 aliphatic rings. The molecule has 5 heteroatoms. The average molecular weight is 244 g/mol. The normalized spacial score (nSPS) is 25.4. The number of rotatable bonds is 2. The van der Waals surface area contributed by atoms with Gasteiger partial charge in [-0.15, -0.1) is 11.8 Å². The second-order valence-corrected chi connectivity index (χ2v) is 4.90. The summed E-state index contributed by atoms with van der Waals surface area (Å²) in [4.78, 5) is 10.7. The van der Waals surface area contributed by atoms with Crippen molar-refractivity contribution in [1.82, 2.24) is 5.32 Å². The van der Waals surface area contributed by atoms with Crippen molar-refractivity contribution in [2.24, 2.45) is 0 Å². The van der Waals surface area contributed by atoms with E-state index < -0.39 is 12.0 Å². The van der Waals surface area contributed by atoms with Crippen molar-refractivity contribution >= 4 is 29.3 Å². The molecule has 80 valence electrons. The van der Waals surface area contributed by atoms with E-state index in [1.54, 1.807) is 11.8 Å². The zero-order valence-electron chi connectivity index (χ0n) is 7.81. The molecule has 1 aliphatic heterocycles. The van der Waals surface area contributed by atoms with Crippen molar-refractivity contribution in [3.8, 4) is 0 Å². The molecular weight excluding hydrogens is 234 g/mol. The smallest absolute Gasteiger partial charge is 0.321 e. The van der Waals surface area contributed by atoms with E-state index in [1.807, 2.05) is 24.3 Å². The fourth-order valence-corrected chi connectivity index (χ4v) is 2.80. The van der Waals surface area contributed by atoms with E-state index >= 15 is 0 Å². The predicted molar refractivity (Wildman–Crippen MR) is 61.2 cm³/mol. The van der Waals surface area contributed by atoms with Crippen LogP contribution < -0.4 is 5.32 Å². The van der Waals surface area contributed by atoms with Crippen molar-refractivity contribution in [2.45, 2.75) is 11.4 Å². The lowest BCUT2D eigenvalue weighted by Gasteiger charge is -2.10. The van der Waals surface area contributed by atoms with Crippen LogP contribution in [-0.4, -0.2) is 22.9 Å². The molecule has 1 fully saturated rings. The molecule has 2 rings (SSSR count). The molecule has 1 heterocycles. The fraction of sp³-hybridized carbons (Fsp3) is 0.300. The topological polar surface area (TPSA) is 49.3 Å². The molecule has 1 aromatic rings. The lowest BCUT2D eigenvalue weighted by molar-refractivity contribution is -0.138. The molecule has 1 saturated heterocycles. The number of thioether (sulfide) groups is 1. The fourth-order valence-electron chi connectivity index (χ4n) is 1.44. The molecule has 2 N–H and O–H groups in total. The molecule has 0 spiro atoms. The third-order valence-corrected chi connectivity index (χ3v) is 3.77. The van der Waals surface area contributed by atoms with Crippen LogP contribution in [0.1, 0.15) is 10.9 Å². The molecule has 3 nitrogen and oxygen atoms in total. The quantitative estimate of drug-likeness (QED) is 0.836. The van der Waals surface area contributed by atoms with Gasteiger partial charge in [-0.25, -0.2) is 0 Å². The van der Waals surface area contributed by atoms with Gasteiger partial charge in [-0.05, 0) is 17.7 Å². The Balaban J connectivity index is 2.07. The molecule has 0 radical (unpaired) electrons. The van der Waals surface area contributed by atoms with Crippen LogP contribution in [0.25, 0.3) is 0 Å². The monoisotopic (exact) mass is 243 g/mol. The van der Waals surface area contributed by atoms with Gasteiger partial charge in [0.1, 0.15) is 6.04 Å². The minimum absolute atomic E-state index is 0.0587. The van der Waals surface area contributed by atoms with E-state index in [4.69, 9.17) is 16.7 Å². The first-order chi connectivity index (χ1) is 7.16. The molecule has 0 amide bonds. The number of hydrogen-bond donors (Lipinski definition) is 2. The summed E-state index contributed by atoms with van der Waals surface area (Å²) < 4.78 is 0. The van der Waals surface area contributed by atoms with Crippen LogP contribution in [0.5, 0.6) is 0 Å². The lowest BCUT2D eigenvalue weighted by Crippen LogP contribution is -2.33. The Hall–Kier alpha value is -0.710. The molecular formula is C10H10ClNO2S. The van der Waals surface area contributed by atoms with Crippen molar-refractivity contribution in [3.05, 3.63) is 34.9 Å². The second-order valence-electron chi connectivity index (χ2n) is 3.32. The molecule has 1 unspecified atom stereocenters. The van der Waals surface area contributed by atoms with Gasteiger partial charge in [-0.1, -0.05) is 23.7 Å². The van der Waals surface area contributed by atoms with E-state index in [2.05, 4.69) is 5.32 Å². The Bertz CT molecular complexity index is 368. The summed E-state index contributed by atoms with van der Waals surface area (Å²) in [6.07, 6.45) is 0.